The van der Waals surface area contributed by atoms with Crippen LogP contribution in [0.4, 0.5) is 0 Å². The van der Waals surface area contributed by atoms with Gasteiger partial charge in [-0.25, -0.2) is 0 Å². The van der Waals surface area contributed by atoms with E-state index in [2.05, 4.69) is 22.7 Å². The maximum atomic E-state index is 12.5. The largest absolute Gasteiger partial charge is 0.348 e. The van der Waals surface area contributed by atoms with Gasteiger partial charge in [-0.15, -0.1) is 12.4 Å². The highest BCUT2D eigenvalue weighted by Crippen LogP contribution is 2.25. The maximum absolute atomic E-state index is 12.5. The lowest BCUT2D eigenvalue weighted by atomic mass is 9.92. The Kier molecular flexibility index (Phi) is 5.59. The molecule has 0 saturated carbocycles. The number of hydrogen-bond acceptors (Lipinski definition) is 3. The van der Waals surface area contributed by atoms with E-state index in [1.54, 1.807) is 4.68 Å². The molecule has 2 rings (SSSR count). The summed E-state index contributed by atoms with van der Waals surface area (Å²) in [5, 5.41) is 10.8. The van der Waals surface area contributed by atoms with Crippen molar-refractivity contribution in [2.75, 3.05) is 6.54 Å². The van der Waals surface area contributed by atoms with Crippen LogP contribution in [0.25, 0.3) is 0 Å². The fourth-order valence-electron chi connectivity index (χ4n) is 2.92. The summed E-state index contributed by atoms with van der Waals surface area (Å²) in [6, 6.07) is -0.00738. The second-order valence-corrected chi connectivity index (χ2v) is 5.50. The third-order valence-corrected chi connectivity index (χ3v) is 4.15. The Labute approximate surface area is 126 Å². The van der Waals surface area contributed by atoms with Gasteiger partial charge in [0.05, 0.1) is 17.3 Å². The van der Waals surface area contributed by atoms with Crippen LogP contribution in [0, 0.1) is 6.92 Å². The van der Waals surface area contributed by atoms with Crippen molar-refractivity contribution < 1.29 is 4.79 Å². The SMILES string of the molecule is CCC1(C(=O)NC(C)c2cn(C)nc2C)CCCN1.Cl. The fourth-order valence-corrected chi connectivity index (χ4v) is 2.92. The molecule has 1 aliphatic rings. The van der Waals surface area contributed by atoms with E-state index in [4.69, 9.17) is 0 Å². The number of amides is 1. The molecule has 1 fully saturated rings. The number of halogens is 1. The normalized spacial score (nSPS) is 23.2. The fraction of sp³-hybridized carbons (Fsp3) is 0.714. The molecule has 20 heavy (non-hydrogen) atoms. The van der Waals surface area contributed by atoms with E-state index in [1.807, 2.05) is 27.1 Å². The van der Waals surface area contributed by atoms with E-state index >= 15 is 0 Å². The van der Waals surface area contributed by atoms with Crippen LogP contribution < -0.4 is 10.6 Å². The average molecular weight is 301 g/mol. The zero-order valence-electron chi connectivity index (χ0n) is 12.7. The Morgan fingerprint density at radius 2 is 2.35 bits per heavy atom. The van der Waals surface area contributed by atoms with Gasteiger partial charge in [0.2, 0.25) is 5.91 Å². The molecule has 6 heteroatoms. The Morgan fingerprint density at radius 1 is 1.65 bits per heavy atom. The number of carbonyl (C=O) groups excluding carboxylic acids is 1. The van der Waals surface area contributed by atoms with Crippen LogP contribution in [0.15, 0.2) is 6.20 Å². The van der Waals surface area contributed by atoms with E-state index in [9.17, 15) is 4.79 Å². The molecule has 2 N–H and O–H groups in total. The molecule has 1 aromatic rings. The summed E-state index contributed by atoms with van der Waals surface area (Å²) in [5.74, 6) is 0.114. The first-order valence-electron chi connectivity index (χ1n) is 7.04. The van der Waals surface area contributed by atoms with Crippen molar-refractivity contribution in [2.45, 2.75) is 51.6 Å². The van der Waals surface area contributed by atoms with Crippen molar-refractivity contribution in [3.63, 3.8) is 0 Å². The summed E-state index contributed by atoms with van der Waals surface area (Å²) in [7, 11) is 1.90. The number of aryl methyl sites for hydroxylation is 2. The monoisotopic (exact) mass is 300 g/mol. The summed E-state index contributed by atoms with van der Waals surface area (Å²) in [5.41, 5.74) is 1.69. The number of carbonyl (C=O) groups is 1. The minimum absolute atomic E-state index is 0. The standard InChI is InChI=1S/C14H24N4O.ClH/c1-5-14(7-6-8-15-14)13(19)16-10(2)12-9-18(4)17-11(12)3;/h9-10,15H,5-8H2,1-4H3,(H,16,19);1H. The zero-order chi connectivity index (χ0) is 14.0. The van der Waals surface area contributed by atoms with E-state index < -0.39 is 0 Å². The highest BCUT2D eigenvalue weighted by atomic mass is 35.5. The molecule has 0 spiro atoms. The lowest BCUT2D eigenvalue weighted by molar-refractivity contribution is -0.128. The smallest absolute Gasteiger partial charge is 0.240 e. The molecule has 0 bridgehead atoms. The zero-order valence-corrected chi connectivity index (χ0v) is 13.5. The Morgan fingerprint density at radius 3 is 2.80 bits per heavy atom. The van der Waals surface area contributed by atoms with Gasteiger partial charge in [-0.05, 0) is 39.7 Å². The number of rotatable bonds is 4. The van der Waals surface area contributed by atoms with Crippen LogP contribution in [-0.2, 0) is 11.8 Å². The third kappa shape index (κ3) is 3.15. The summed E-state index contributed by atoms with van der Waals surface area (Å²) in [4.78, 5) is 12.5. The molecule has 2 atom stereocenters. The molecule has 1 aliphatic heterocycles. The summed E-state index contributed by atoms with van der Waals surface area (Å²) in [6.45, 7) is 6.99. The van der Waals surface area contributed by atoms with Crippen molar-refractivity contribution in [2.24, 2.45) is 7.05 Å². The predicted octanol–water partition coefficient (Wildman–Crippen LogP) is 1.86. The predicted molar refractivity (Wildman–Crippen MR) is 82.0 cm³/mol. The van der Waals surface area contributed by atoms with Gasteiger partial charge < -0.3 is 10.6 Å². The second-order valence-electron chi connectivity index (χ2n) is 5.50. The van der Waals surface area contributed by atoms with E-state index in [0.29, 0.717) is 0 Å². The van der Waals surface area contributed by atoms with Crippen LogP contribution in [0.5, 0.6) is 0 Å². The Balaban J connectivity index is 0.00000200. The summed E-state index contributed by atoms with van der Waals surface area (Å²) < 4.78 is 1.79. The van der Waals surface area contributed by atoms with Gasteiger partial charge in [-0.3, -0.25) is 9.48 Å². The molecular weight excluding hydrogens is 276 g/mol. The number of nitrogens with zero attached hydrogens (tertiary/aromatic N) is 2. The molecule has 1 amide bonds. The van der Waals surface area contributed by atoms with Gasteiger partial charge in [-0.1, -0.05) is 6.92 Å². The summed E-state index contributed by atoms with van der Waals surface area (Å²) >= 11 is 0. The van der Waals surface area contributed by atoms with Crippen LogP contribution in [0.3, 0.4) is 0 Å². The molecular formula is C14H25ClN4O. The molecule has 0 radical (unpaired) electrons. The van der Waals surface area contributed by atoms with E-state index in [1.165, 1.54) is 0 Å². The molecule has 0 aromatic carbocycles. The number of hydrogen-bond donors (Lipinski definition) is 2. The highest BCUT2D eigenvalue weighted by Gasteiger charge is 2.39. The molecule has 2 heterocycles. The van der Waals surface area contributed by atoms with Crippen LogP contribution >= 0.6 is 12.4 Å². The minimum atomic E-state index is -0.371. The quantitative estimate of drug-likeness (QED) is 0.892. The first-order chi connectivity index (χ1) is 8.98. The highest BCUT2D eigenvalue weighted by molar-refractivity contribution is 5.87. The van der Waals surface area contributed by atoms with Crippen molar-refractivity contribution in [3.05, 3.63) is 17.5 Å². The average Bonchev–Trinajstić information content (AvgIpc) is 2.96. The minimum Gasteiger partial charge on any atom is -0.348 e. The third-order valence-electron chi connectivity index (χ3n) is 4.15. The van der Waals surface area contributed by atoms with Gasteiger partial charge in [0.1, 0.15) is 0 Å². The molecule has 114 valence electrons. The molecule has 0 aliphatic carbocycles. The van der Waals surface area contributed by atoms with Gasteiger partial charge >= 0.3 is 0 Å². The van der Waals surface area contributed by atoms with Crippen LogP contribution in [0.2, 0.25) is 0 Å². The van der Waals surface area contributed by atoms with Crippen LogP contribution in [-0.4, -0.2) is 27.8 Å². The Bertz CT molecular complexity index is 466. The van der Waals surface area contributed by atoms with Gasteiger partial charge in [0.15, 0.2) is 0 Å². The molecule has 1 aromatic heterocycles. The number of aromatic nitrogens is 2. The lowest BCUT2D eigenvalue weighted by Crippen LogP contribution is -2.53. The van der Waals surface area contributed by atoms with Crippen LogP contribution in [0.1, 0.15) is 50.4 Å². The van der Waals surface area contributed by atoms with E-state index in [0.717, 1.165) is 37.1 Å². The molecule has 1 saturated heterocycles. The maximum Gasteiger partial charge on any atom is 0.240 e. The van der Waals surface area contributed by atoms with Crippen molar-refractivity contribution in [1.82, 2.24) is 20.4 Å². The molecule has 5 nitrogen and oxygen atoms in total. The molecule has 2 unspecified atom stereocenters. The summed E-state index contributed by atoms with van der Waals surface area (Å²) in [6.07, 6.45) is 4.80. The van der Waals surface area contributed by atoms with Crippen molar-refractivity contribution >= 4 is 18.3 Å². The van der Waals surface area contributed by atoms with Gasteiger partial charge in [-0.2, -0.15) is 5.10 Å². The Hall–Kier alpha value is -1.07. The number of nitrogens with one attached hydrogen (secondary N) is 2. The van der Waals surface area contributed by atoms with E-state index in [-0.39, 0.29) is 29.9 Å². The topological polar surface area (TPSA) is 59.0 Å². The van der Waals surface area contributed by atoms with Crippen molar-refractivity contribution in [1.29, 1.82) is 0 Å². The first kappa shape index (κ1) is 17.0. The van der Waals surface area contributed by atoms with Gasteiger partial charge in [0, 0.05) is 18.8 Å². The first-order valence-corrected chi connectivity index (χ1v) is 7.04. The lowest BCUT2D eigenvalue weighted by Gasteiger charge is -2.28. The van der Waals surface area contributed by atoms with Crippen molar-refractivity contribution in [3.8, 4) is 0 Å². The van der Waals surface area contributed by atoms with Gasteiger partial charge in [0.25, 0.3) is 0 Å². The second kappa shape index (κ2) is 6.59.